The lowest BCUT2D eigenvalue weighted by Gasteiger charge is -2.36. The first-order valence-corrected chi connectivity index (χ1v) is 15.4. The van der Waals surface area contributed by atoms with Crippen molar-refractivity contribution in [1.82, 2.24) is 0 Å². The fourth-order valence-corrected chi connectivity index (χ4v) is 5.47. The van der Waals surface area contributed by atoms with E-state index in [2.05, 4.69) is 21.0 Å². The van der Waals surface area contributed by atoms with Gasteiger partial charge in [-0.3, -0.25) is 0 Å². The standard InChI is InChI=1S/C31H63NO3/c1-5-6-7-8-9-10-11-12-13-14-15-16-17-18-21-24-27-31(2,35)29-32(3,4)28-25-22-19-20-23-26-30(33)34/h35H,5-29H2,1-4H3. The van der Waals surface area contributed by atoms with Gasteiger partial charge >= 0.3 is 0 Å². The van der Waals surface area contributed by atoms with Gasteiger partial charge in [-0.1, -0.05) is 122 Å². The lowest BCUT2D eigenvalue weighted by Crippen LogP contribution is -2.50. The Labute approximate surface area is 219 Å². The number of aliphatic hydroxyl groups is 1. The third kappa shape index (κ3) is 26.3. The van der Waals surface area contributed by atoms with E-state index in [4.69, 9.17) is 0 Å². The van der Waals surface area contributed by atoms with E-state index in [0.29, 0.717) is 0 Å². The predicted octanol–water partition coefficient (Wildman–Crippen LogP) is 7.56. The van der Waals surface area contributed by atoms with Gasteiger partial charge in [-0.25, -0.2) is 0 Å². The van der Waals surface area contributed by atoms with Crippen molar-refractivity contribution in [2.24, 2.45) is 0 Å². The van der Waals surface area contributed by atoms with E-state index >= 15 is 0 Å². The minimum Gasteiger partial charge on any atom is -0.550 e. The monoisotopic (exact) mass is 497 g/mol. The van der Waals surface area contributed by atoms with Crippen LogP contribution in [-0.4, -0.2) is 48.3 Å². The van der Waals surface area contributed by atoms with Crippen LogP contribution in [0.1, 0.15) is 162 Å². The average Bonchev–Trinajstić information content (AvgIpc) is 2.77. The van der Waals surface area contributed by atoms with Crippen molar-refractivity contribution in [1.29, 1.82) is 0 Å². The molecule has 0 radical (unpaired) electrons. The number of quaternary nitrogens is 1. The molecule has 35 heavy (non-hydrogen) atoms. The van der Waals surface area contributed by atoms with Gasteiger partial charge < -0.3 is 19.5 Å². The molecule has 0 aromatic rings. The van der Waals surface area contributed by atoms with E-state index in [-0.39, 0.29) is 6.42 Å². The average molecular weight is 498 g/mol. The summed E-state index contributed by atoms with van der Waals surface area (Å²) in [6.45, 7) is 6.16. The predicted molar refractivity (Wildman–Crippen MR) is 149 cm³/mol. The third-order valence-electron chi connectivity index (χ3n) is 7.48. The smallest absolute Gasteiger partial charge is 0.111 e. The van der Waals surface area contributed by atoms with Gasteiger partial charge in [0, 0.05) is 5.97 Å². The molecule has 0 heterocycles. The van der Waals surface area contributed by atoms with Crippen molar-refractivity contribution in [3.8, 4) is 0 Å². The van der Waals surface area contributed by atoms with Crippen LogP contribution in [0, 0.1) is 0 Å². The quantitative estimate of drug-likeness (QED) is 0.0941. The molecular weight excluding hydrogens is 434 g/mol. The fraction of sp³-hybridized carbons (Fsp3) is 0.968. The van der Waals surface area contributed by atoms with Crippen molar-refractivity contribution in [3.63, 3.8) is 0 Å². The molecule has 0 bridgehead atoms. The lowest BCUT2D eigenvalue weighted by atomic mass is 9.96. The molecule has 0 aliphatic carbocycles. The van der Waals surface area contributed by atoms with Gasteiger partial charge in [0.05, 0.1) is 20.6 Å². The summed E-state index contributed by atoms with van der Waals surface area (Å²) in [6, 6.07) is 0. The molecule has 0 aliphatic rings. The summed E-state index contributed by atoms with van der Waals surface area (Å²) in [6.07, 6.45) is 28.2. The maximum absolute atomic E-state index is 10.9. The Morgan fingerprint density at radius 1 is 0.657 bits per heavy atom. The number of carbonyl (C=O) groups excluding carboxylic acids is 1. The second-order valence-corrected chi connectivity index (χ2v) is 12.3. The number of unbranched alkanes of at least 4 members (excludes halogenated alkanes) is 19. The van der Waals surface area contributed by atoms with Crippen LogP contribution in [0.25, 0.3) is 0 Å². The number of likely N-dealkylation sites (N-methyl/N-ethyl adjacent to an activating group) is 1. The molecule has 0 saturated heterocycles. The first kappa shape index (κ1) is 34.4. The molecule has 0 aromatic heterocycles. The van der Waals surface area contributed by atoms with Gasteiger partial charge in [0.15, 0.2) is 0 Å². The van der Waals surface area contributed by atoms with Crippen molar-refractivity contribution in [2.75, 3.05) is 27.2 Å². The molecule has 0 saturated carbocycles. The van der Waals surface area contributed by atoms with E-state index in [1.54, 1.807) is 0 Å². The van der Waals surface area contributed by atoms with Crippen molar-refractivity contribution < 1.29 is 19.5 Å². The van der Waals surface area contributed by atoms with Crippen LogP contribution in [0.15, 0.2) is 0 Å². The van der Waals surface area contributed by atoms with Crippen molar-refractivity contribution >= 4 is 5.97 Å². The summed E-state index contributed by atoms with van der Waals surface area (Å²) >= 11 is 0. The molecular formula is C31H63NO3. The summed E-state index contributed by atoms with van der Waals surface area (Å²) in [7, 11) is 4.44. The van der Waals surface area contributed by atoms with Gasteiger partial charge in [0.2, 0.25) is 0 Å². The topological polar surface area (TPSA) is 60.4 Å². The van der Waals surface area contributed by atoms with Crippen molar-refractivity contribution in [2.45, 2.75) is 167 Å². The van der Waals surface area contributed by atoms with E-state index in [1.807, 2.05) is 6.92 Å². The van der Waals surface area contributed by atoms with Gasteiger partial charge in [0.25, 0.3) is 0 Å². The molecule has 1 atom stereocenters. The minimum atomic E-state index is -0.936. The number of nitrogens with zero attached hydrogens (tertiary/aromatic N) is 1. The number of hydrogen-bond acceptors (Lipinski definition) is 3. The Morgan fingerprint density at radius 3 is 1.46 bits per heavy atom. The number of carboxylic acid groups (broad SMARTS) is 1. The Hall–Kier alpha value is -0.610. The second-order valence-electron chi connectivity index (χ2n) is 12.3. The highest BCUT2D eigenvalue weighted by Gasteiger charge is 2.29. The summed E-state index contributed by atoms with van der Waals surface area (Å²) < 4.78 is 0.852. The van der Waals surface area contributed by atoms with Crippen LogP contribution in [0.3, 0.4) is 0 Å². The summed E-state index contributed by atoms with van der Waals surface area (Å²) in [5.74, 6) is -0.936. The summed E-state index contributed by atoms with van der Waals surface area (Å²) in [5, 5.41) is 21.4. The van der Waals surface area contributed by atoms with E-state index in [0.717, 1.165) is 62.5 Å². The molecule has 0 amide bonds. The van der Waals surface area contributed by atoms with Crippen LogP contribution < -0.4 is 5.11 Å². The zero-order valence-electron chi connectivity index (χ0n) is 24.4. The number of carbonyl (C=O) groups is 1. The van der Waals surface area contributed by atoms with Crippen molar-refractivity contribution in [3.05, 3.63) is 0 Å². The molecule has 4 heteroatoms. The fourth-order valence-electron chi connectivity index (χ4n) is 5.47. The van der Waals surface area contributed by atoms with Gasteiger partial charge in [-0.05, 0) is 39.0 Å². The molecule has 0 aliphatic heterocycles. The number of hydrogen-bond donors (Lipinski definition) is 1. The second kappa shape index (κ2) is 22.6. The third-order valence-corrected chi connectivity index (χ3v) is 7.48. The summed E-state index contributed by atoms with van der Waals surface area (Å²) in [5.41, 5.74) is -0.589. The maximum Gasteiger partial charge on any atom is 0.111 e. The molecule has 0 rings (SSSR count). The van der Waals surface area contributed by atoms with Crippen LogP contribution >= 0.6 is 0 Å². The lowest BCUT2D eigenvalue weighted by molar-refractivity contribution is -0.896. The van der Waals surface area contributed by atoms with Crippen LogP contribution in [0.4, 0.5) is 0 Å². The molecule has 0 aromatic carbocycles. The minimum absolute atomic E-state index is 0.184. The Morgan fingerprint density at radius 2 is 1.03 bits per heavy atom. The number of carboxylic acids is 1. The zero-order valence-corrected chi connectivity index (χ0v) is 24.4. The van der Waals surface area contributed by atoms with E-state index in [9.17, 15) is 15.0 Å². The number of aliphatic carboxylic acids is 1. The Bertz CT molecular complexity index is 476. The van der Waals surface area contributed by atoms with Crippen LogP contribution in [0.2, 0.25) is 0 Å². The first-order chi connectivity index (χ1) is 16.7. The molecule has 0 fully saturated rings. The van der Waals surface area contributed by atoms with Crippen LogP contribution in [0.5, 0.6) is 0 Å². The van der Waals surface area contributed by atoms with E-state index in [1.165, 1.54) is 96.3 Å². The van der Waals surface area contributed by atoms with Gasteiger partial charge in [-0.2, -0.15) is 0 Å². The largest absolute Gasteiger partial charge is 0.550 e. The molecule has 1 N–H and O–H groups in total. The SMILES string of the molecule is CCCCCCCCCCCCCCCCCCC(C)(O)C[N+](C)(C)CCCCCCCC(=O)[O-]. The Balaban J connectivity index is 3.56. The van der Waals surface area contributed by atoms with Gasteiger partial charge in [-0.15, -0.1) is 0 Å². The highest BCUT2D eigenvalue weighted by molar-refractivity contribution is 5.64. The number of rotatable bonds is 27. The zero-order chi connectivity index (χ0) is 26.3. The highest BCUT2D eigenvalue weighted by atomic mass is 16.4. The molecule has 0 spiro atoms. The van der Waals surface area contributed by atoms with E-state index < -0.39 is 11.6 Å². The van der Waals surface area contributed by atoms with Crippen LogP contribution in [-0.2, 0) is 4.79 Å². The molecule has 210 valence electrons. The normalized spacial score (nSPS) is 13.7. The molecule has 1 unspecified atom stereocenters. The highest BCUT2D eigenvalue weighted by Crippen LogP contribution is 2.21. The molecule has 4 nitrogen and oxygen atoms in total. The summed E-state index contributed by atoms with van der Waals surface area (Å²) in [4.78, 5) is 10.4. The Kier molecular flexibility index (Phi) is 22.2. The van der Waals surface area contributed by atoms with Gasteiger partial charge in [0.1, 0.15) is 12.1 Å². The first-order valence-electron chi connectivity index (χ1n) is 15.4. The maximum atomic E-state index is 10.9.